The number of carbonyl (C=O) groups excluding carboxylic acids is 1. The Morgan fingerprint density at radius 3 is 1.98 bits per heavy atom. The first-order valence-electron chi connectivity index (χ1n) is 16.8. The third-order valence-electron chi connectivity index (χ3n) is 8.24. The number of fused-ring (bicyclic) bond motifs is 1. The monoisotopic (exact) mass is 706 g/mol. The molecule has 0 unspecified atom stereocenters. The van der Waals surface area contributed by atoms with Crippen LogP contribution in [0.5, 0.6) is 0 Å². The molecule has 0 bridgehead atoms. The summed E-state index contributed by atoms with van der Waals surface area (Å²) in [6.45, 7) is 15.5. The maximum atomic E-state index is 12.2. The molecule has 0 aliphatic rings. The number of carbonyl (C=O) groups is 1. The summed E-state index contributed by atoms with van der Waals surface area (Å²) >= 11 is 0. The van der Waals surface area contributed by atoms with Crippen molar-refractivity contribution in [1.82, 2.24) is 19.6 Å². The van der Waals surface area contributed by atoms with Gasteiger partial charge in [0, 0.05) is 57.8 Å². The molecule has 3 heterocycles. The van der Waals surface area contributed by atoms with Gasteiger partial charge in [-0.05, 0) is 30.3 Å². The standard InChI is InChI=1S/C38H46N6O4Si2/c1-46-38(45)30-15-13-29(14-16-30)35-32(23-39)37(43(26-47-19-21-49(2,3)4)27-48-20-22-50(5,6)7)44-36(42-35)33(25-41-44)31-17-18-34(40-24-31)28-11-9-8-10-12-28/h8-18,24-25H,19-22,26-27H2,1-7H3. The van der Waals surface area contributed by atoms with Crippen LogP contribution in [0.25, 0.3) is 39.3 Å². The first-order chi connectivity index (χ1) is 23.9. The molecule has 0 spiro atoms. The van der Waals surface area contributed by atoms with Gasteiger partial charge in [-0.2, -0.15) is 14.9 Å². The maximum absolute atomic E-state index is 12.2. The van der Waals surface area contributed by atoms with E-state index in [0.29, 0.717) is 47.1 Å². The summed E-state index contributed by atoms with van der Waals surface area (Å²) in [5, 5.41) is 15.6. The Bertz CT molecular complexity index is 1920. The number of methoxy groups -OCH3 is 1. The topological polar surface area (TPSA) is 115 Å². The normalized spacial score (nSPS) is 11.8. The summed E-state index contributed by atoms with van der Waals surface area (Å²) < 4.78 is 19.2. The van der Waals surface area contributed by atoms with Crippen molar-refractivity contribution in [3.05, 3.63) is 90.3 Å². The number of rotatable bonds is 15. The number of aromatic nitrogens is 4. The van der Waals surface area contributed by atoms with Crippen LogP contribution >= 0.6 is 0 Å². The van der Waals surface area contributed by atoms with Gasteiger partial charge < -0.3 is 19.1 Å². The number of anilines is 1. The van der Waals surface area contributed by atoms with Crippen molar-refractivity contribution in [2.24, 2.45) is 0 Å². The molecular formula is C38H46N6O4Si2. The zero-order valence-corrected chi connectivity index (χ0v) is 32.1. The zero-order valence-electron chi connectivity index (χ0n) is 30.1. The molecule has 5 rings (SSSR count). The average molecular weight is 707 g/mol. The van der Waals surface area contributed by atoms with Crippen LogP contribution in [-0.2, 0) is 14.2 Å². The Labute approximate surface area is 296 Å². The number of nitrogens with zero attached hydrogens (tertiary/aromatic N) is 6. The molecule has 0 aliphatic heterocycles. The predicted molar refractivity (Wildman–Crippen MR) is 204 cm³/mol. The lowest BCUT2D eigenvalue weighted by molar-refractivity contribution is 0.0600. The zero-order chi connectivity index (χ0) is 35.9. The van der Waals surface area contributed by atoms with Gasteiger partial charge in [-0.3, -0.25) is 4.98 Å². The van der Waals surface area contributed by atoms with Crippen molar-refractivity contribution in [3.8, 4) is 39.7 Å². The van der Waals surface area contributed by atoms with Gasteiger partial charge in [-0.15, -0.1) is 0 Å². The first-order valence-corrected chi connectivity index (χ1v) is 24.2. The molecule has 0 atom stereocenters. The smallest absolute Gasteiger partial charge is 0.337 e. The van der Waals surface area contributed by atoms with Crippen molar-refractivity contribution >= 4 is 33.6 Å². The lowest BCUT2D eigenvalue weighted by Gasteiger charge is -2.27. The number of benzene rings is 2. The molecular weight excluding hydrogens is 661 g/mol. The average Bonchev–Trinajstić information content (AvgIpc) is 3.53. The highest BCUT2D eigenvalue weighted by Gasteiger charge is 2.26. The fourth-order valence-corrected chi connectivity index (χ4v) is 6.78. The number of ether oxygens (including phenoxy) is 3. The molecule has 5 aromatic rings. The van der Waals surface area contributed by atoms with Crippen molar-refractivity contribution in [1.29, 1.82) is 5.26 Å². The Balaban J connectivity index is 1.64. The molecule has 0 saturated carbocycles. The van der Waals surface area contributed by atoms with Crippen molar-refractivity contribution in [2.75, 3.05) is 38.7 Å². The van der Waals surface area contributed by atoms with Crippen LogP contribution in [0.4, 0.5) is 5.82 Å². The SMILES string of the molecule is COC(=O)c1ccc(-c2nc3c(-c4ccc(-c5ccccc5)nc4)cnn3c(N(COCC[Si](C)(C)C)COCC[Si](C)(C)C)c2C#N)cc1. The highest BCUT2D eigenvalue weighted by molar-refractivity contribution is 6.76. The molecule has 2 aromatic carbocycles. The molecule has 12 heteroatoms. The largest absolute Gasteiger partial charge is 0.465 e. The van der Waals surface area contributed by atoms with E-state index < -0.39 is 22.1 Å². The lowest BCUT2D eigenvalue weighted by Crippen LogP contribution is -2.34. The Hall–Kier alpha value is -4.68. The molecule has 0 amide bonds. The van der Waals surface area contributed by atoms with E-state index in [2.05, 4.69) is 45.4 Å². The predicted octanol–water partition coefficient (Wildman–Crippen LogP) is 8.21. The fraction of sp³-hybridized carbons (Fsp3) is 0.342. The molecule has 0 fully saturated rings. The van der Waals surface area contributed by atoms with Gasteiger partial charge in [0.05, 0.1) is 30.3 Å². The second-order valence-electron chi connectivity index (χ2n) is 14.7. The molecule has 0 saturated heterocycles. The highest BCUT2D eigenvalue weighted by Crippen LogP contribution is 2.35. The van der Waals surface area contributed by atoms with Crippen LogP contribution in [0.3, 0.4) is 0 Å². The maximum Gasteiger partial charge on any atom is 0.337 e. The molecule has 260 valence electrons. The molecule has 3 aromatic heterocycles. The van der Waals surface area contributed by atoms with Crippen molar-refractivity contribution in [3.63, 3.8) is 0 Å². The van der Waals surface area contributed by atoms with Crippen LogP contribution in [0.2, 0.25) is 51.4 Å². The molecule has 0 N–H and O–H groups in total. The minimum atomic E-state index is -1.34. The van der Waals surface area contributed by atoms with E-state index in [4.69, 9.17) is 29.3 Å². The Kier molecular flexibility index (Phi) is 11.6. The van der Waals surface area contributed by atoms with Crippen LogP contribution < -0.4 is 4.90 Å². The van der Waals surface area contributed by atoms with Crippen LogP contribution in [0.1, 0.15) is 15.9 Å². The number of pyridine rings is 1. The van der Waals surface area contributed by atoms with Gasteiger partial charge in [0.2, 0.25) is 0 Å². The number of nitriles is 1. The minimum absolute atomic E-state index is 0.203. The number of hydrogen-bond acceptors (Lipinski definition) is 9. The number of esters is 1. The van der Waals surface area contributed by atoms with Gasteiger partial charge in [-0.25, -0.2) is 9.78 Å². The summed E-state index contributed by atoms with van der Waals surface area (Å²) in [5.74, 6) is 0.0773. The molecule has 50 heavy (non-hydrogen) atoms. The molecule has 0 aliphatic carbocycles. The van der Waals surface area contributed by atoms with Crippen LogP contribution in [0, 0.1) is 11.3 Å². The quantitative estimate of drug-likeness (QED) is 0.0460. The summed E-state index contributed by atoms with van der Waals surface area (Å²) in [6.07, 6.45) is 3.58. The molecule has 10 nitrogen and oxygen atoms in total. The highest BCUT2D eigenvalue weighted by atomic mass is 28.3. The second kappa shape index (κ2) is 15.9. The summed E-state index contributed by atoms with van der Waals surface area (Å²) in [7, 11) is -1.33. The number of hydrogen-bond donors (Lipinski definition) is 0. The van der Waals surface area contributed by atoms with Crippen molar-refractivity contribution in [2.45, 2.75) is 51.4 Å². The molecule has 0 radical (unpaired) electrons. The summed E-state index contributed by atoms with van der Waals surface area (Å²) in [4.78, 5) is 24.0. The van der Waals surface area contributed by atoms with Crippen molar-refractivity contribution < 1.29 is 19.0 Å². The van der Waals surface area contributed by atoms with E-state index in [9.17, 15) is 10.1 Å². The van der Waals surface area contributed by atoms with E-state index in [-0.39, 0.29) is 13.5 Å². The Morgan fingerprint density at radius 2 is 1.44 bits per heavy atom. The van der Waals surface area contributed by atoms with E-state index in [0.717, 1.165) is 34.5 Å². The second-order valence-corrected chi connectivity index (χ2v) is 25.9. The third-order valence-corrected chi connectivity index (χ3v) is 11.7. The van der Waals surface area contributed by atoms with Gasteiger partial charge >= 0.3 is 5.97 Å². The summed E-state index contributed by atoms with van der Waals surface area (Å²) in [6, 6.07) is 25.3. The van der Waals surface area contributed by atoms with Gasteiger partial charge in [0.1, 0.15) is 25.1 Å². The third kappa shape index (κ3) is 9.10. The van der Waals surface area contributed by atoms with E-state index in [1.54, 1.807) is 35.0 Å². The van der Waals surface area contributed by atoms with Gasteiger partial charge in [0.15, 0.2) is 11.5 Å². The minimum Gasteiger partial charge on any atom is -0.465 e. The van der Waals surface area contributed by atoms with Crippen LogP contribution in [-0.4, -0.2) is 75.5 Å². The fourth-order valence-electron chi connectivity index (χ4n) is 5.27. The van der Waals surface area contributed by atoms with E-state index in [1.165, 1.54) is 7.11 Å². The van der Waals surface area contributed by atoms with E-state index in [1.807, 2.05) is 53.6 Å². The van der Waals surface area contributed by atoms with E-state index >= 15 is 0 Å². The first kappa shape index (κ1) is 36.6. The van der Waals surface area contributed by atoms with Crippen LogP contribution in [0.15, 0.2) is 79.1 Å². The summed E-state index contributed by atoms with van der Waals surface area (Å²) in [5.41, 5.74) is 5.86. The van der Waals surface area contributed by atoms with Gasteiger partial charge in [-0.1, -0.05) is 87.8 Å². The van der Waals surface area contributed by atoms with Gasteiger partial charge in [0.25, 0.3) is 0 Å². The lowest BCUT2D eigenvalue weighted by atomic mass is 10.0. The Morgan fingerprint density at radius 1 is 0.820 bits per heavy atom.